The standard InChI is InChI=1S/C40H54N6O6/c1-8-15-28(33(47)35(49)41-20-9-2)42-34(48)32-30-27(40(30,6)7)22-46(32)37(51)31(24-16-11-10-12-17-24)44-38(52)43-29(39(3,4)5)23-45-21-25-18-13-14-19-26(25)36(45)50/h1,9,13-14,18-19,24,27-32H,2,10-12,15-17,20-23H2,3-7H3,(H,41,49)(H,42,48)(H2,43,44,52)/t27-,28?,29+,30-,31-,32-/m0/s1. The van der Waals surface area contributed by atoms with Crippen molar-refractivity contribution in [3.05, 3.63) is 48.0 Å². The summed E-state index contributed by atoms with van der Waals surface area (Å²) in [5.74, 6) is -0.597. The van der Waals surface area contributed by atoms with Crippen LogP contribution in [-0.4, -0.2) is 89.0 Å². The highest BCUT2D eigenvalue weighted by Crippen LogP contribution is 2.65. The molecule has 0 aromatic heterocycles. The number of piperidine rings is 1. The molecule has 0 bridgehead atoms. The molecular weight excluding hydrogens is 660 g/mol. The monoisotopic (exact) mass is 714 g/mol. The molecule has 5 rings (SSSR count). The molecule has 1 saturated heterocycles. The molecule has 6 atom stereocenters. The molecule has 1 aromatic rings. The quantitative estimate of drug-likeness (QED) is 0.140. The molecule has 3 fully saturated rings. The SMILES string of the molecule is C#CCC(NC(=O)[C@@H]1[C@@H]2[C@H](CN1C(=O)[C@@H](NC(=O)N[C@H](CN1Cc3ccccc3C1=O)C(C)(C)C)C1CCCCC1)C2(C)C)C(=O)C(=O)NCC=C. The van der Waals surface area contributed by atoms with E-state index in [2.05, 4.69) is 47.6 Å². The Bertz CT molecular complexity index is 1630. The van der Waals surface area contributed by atoms with Crippen molar-refractivity contribution in [1.82, 2.24) is 31.1 Å². The van der Waals surface area contributed by atoms with E-state index in [1.165, 1.54) is 6.08 Å². The van der Waals surface area contributed by atoms with Crippen molar-refractivity contribution in [3.63, 3.8) is 0 Å². The summed E-state index contributed by atoms with van der Waals surface area (Å²) in [5.41, 5.74) is 0.975. The summed E-state index contributed by atoms with van der Waals surface area (Å²) in [6.07, 6.45) is 11.2. The number of likely N-dealkylation sites (tertiary alicyclic amines) is 1. The van der Waals surface area contributed by atoms with Gasteiger partial charge in [-0.1, -0.05) is 78.2 Å². The predicted molar refractivity (Wildman–Crippen MR) is 196 cm³/mol. The third kappa shape index (κ3) is 8.03. The van der Waals surface area contributed by atoms with Crippen LogP contribution in [-0.2, 0) is 25.7 Å². The zero-order valence-corrected chi connectivity index (χ0v) is 31.1. The van der Waals surface area contributed by atoms with Gasteiger partial charge >= 0.3 is 6.03 Å². The van der Waals surface area contributed by atoms with E-state index in [-0.39, 0.29) is 47.9 Å². The van der Waals surface area contributed by atoms with E-state index in [9.17, 15) is 28.8 Å². The number of benzene rings is 1. The second-order valence-corrected chi connectivity index (χ2v) is 16.5. The molecule has 0 spiro atoms. The molecule has 0 radical (unpaired) electrons. The Morgan fingerprint density at radius 2 is 1.75 bits per heavy atom. The van der Waals surface area contributed by atoms with Gasteiger partial charge in [0.05, 0.1) is 6.04 Å². The number of carbonyl (C=O) groups excluding carboxylic acids is 6. The molecule has 2 aliphatic carbocycles. The average Bonchev–Trinajstić information content (AvgIpc) is 3.38. The molecule has 280 valence electrons. The molecular formula is C40H54N6O6. The van der Waals surface area contributed by atoms with E-state index in [0.717, 1.165) is 37.7 Å². The highest BCUT2D eigenvalue weighted by molar-refractivity contribution is 6.38. The minimum absolute atomic E-state index is 0.0538. The normalized spacial score (nSPS) is 23.6. The fourth-order valence-corrected chi connectivity index (χ4v) is 8.39. The van der Waals surface area contributed by atoms with Crippen LogP contribution < -0.4 is 21.3 Å². The van der Waals surface area contributed by atoms with Crippen LogP contribution >= 0.6 is 0 Å². The largest absolute Gasteiger partial charge is 0.346 e. The van der Waals surface area contributed by atoms with Crippen LogP contribution in [0.4, 0.5) is 4.79 Å². The maximum Gasteiger partial charge on any atom is 0.315 e. The maximum atomic E-state index is 14.7. The smallest absolute Gasteiger partial charge is 0.315 e. The molecule has 1 aromatic carbocycles. The summed E-state index contributed by atoms with van der Waals surface area (Å²) in [5, 5.41) is 11.3. The second-order valence-electron chi connectivity index (χ2n) is 16.5. The first kappa shape index (κ1) is 38.6. The van der Waals surface area contributed by atoms with E-state index >= 15 is 0 Å². The van der Waals surface area contributed by atoms with E-state index in [0.29, 0.717) is 25.2 Å². The van der Waals surface area contributed by atoms with Gasteiger partial charge in [0.2, 0.25) is 17.6 Å². The molecule has 4 aliphatic rings. The number of urea groups is 1. The number of nitrogens with one attached hydrogen (secondary N) is 4. The molecule has 6 amide bonds. The van der Waals surface area contributed by atoms with Crippen molar-refractivity contribution in [2.45, 2.75) is 104 Å². The van der Waals surface area contributed by atoms with Crippen molar-refractivity contribution in [2.24, 2.45) is 28.6 Å². The zero-order valence-electron chi connectivity index (χ0n) is 31.1. The van der Waals surface area contributed by atoms with Crippen LogP contribution in [0.2, 0.25) is 0 Å². The number of ketones is 1. The van der Waals surface area contributed by atoms with Crippen LogP contribution in [0.1, 0.15) is 89.1 Å². The van der Waals surface area contributed by atoms with Crippen LogP contribution in [0.5, 0.6) is 0 Å². The molecule has 1 unspecified atom stereocenters. The molecule has 2 aliphatic heterocycles. The number of terminal acetylenes is 1. The Labute approximate surface area is 307 Å². The Hall–Kier alpha value is -4.66. The zero-order chi connectivity index (χ0) is 38.0. The number of Topliss-reactive ketones (excluding diaryl/α,β-unsaturated/α-hetero) is 1. The predicted octanol–water partition coefficient (Wildman–Crippen LogP) is 3.17. The number of nitrogens with zero attached hydrogens (tertiary/aromatic N) is 2. The van der Waals surface area contributed by atoms with E-state index in [1.54, 1.807) is 9.80 Å². The Morgan fingerprint density at radius 3 is 2.38 bits per heavy atom. The second kappa shape index (κ2) is 15.5. The number of rotatable bonds is 13. The lowest BCUT2D eigenvalue weighted by molar-refractivity contribution is -0.144. The van der Waals surface area contributed by atoms with Crippen molar-refractivity contribution < 1.29 is 28.8 Å². The molecule has 4 N–H and O–H groups in total. The summed E-state index contributed by atoms with van der Waals surface area (Å²) in [6, 6.07) is 3.51. The van der Waals surface area contributed by atoms with Crippen LogP contribution in [0.3, 0.4) is 0 Å². The fourth-order valence-electron chi connectivity index (χ4n) is 8.39. The average molecular weight is 715 g/mol. The van der Waals surface area contributed by atoms with Crippen LogP contribution in [0.25, 0.3) is 0 Å². The van der Waals surface area contributed by atoms with Crippen LogP contribution in [0.15, 0.2) is 36.9 Å². The number of amides is 6. The Kier molecular flexibility index (Phi) is 11.5. The van der Waals surface area contributed by atoms with Crippen LogP contribution in [0, 0.1) is 40.9 Å². The van der Waals surface area contributed by atoms with Gasteiger partial charge < -0.3 is 31.1 Å². The number of hydrogen-bond acceptors (Lipinski definition) is 6. The summed E-state index contributed by atoms with van der Waals surface area (Å²) in [6.45, 7) is 14.8. The Balaban J connectivity index is 1.34. The number of fused-ring (bicyclic) bond motifs is 2. The minimum Gasteiger partial charge on any atom is -0.346 e. The lowest BCUT2D eigenvalue weighted by Gasteiger charge is -2.38. The van der Waals surface area contributed by atoms with Gasteiger partial charge in [0, 0.05) is 38.2 Å². The molecule has 12 heteroatoms. The summed E-state index contributed by atoms with van der Waals surface area (Å²) in [4.78, 5) is 84.6. The first-order valence-electron chi connectivity index (χ1n) is 18.5. The summed E-state index contributed by atoms with van der Waals surface area (Å²) in [7, 11) is 0. The summed E-state index contributed by atoms with van der Waals surface area (Å²) >= 11 is 0. The fraction of sp³-hybridized carbons (Fsp3) is 0.600. The topological polar surface area (TPSA) is 157 Å². The van der Waals surface area contributed by atoms with E-state index in [1.807, 2.05) is 45.0 Å². The Morgan fingerprint density at radius 1 is 1.06 bits per heavy atom. The number of hydrogen-bond donors (Lipinski definition) is 4. The summed E-state index contributed by atoms with van der Waals surface area (Å²) < 4.78 is 0. The highest BCUT2D eigenvalue weighted by Gasteiger charge is 2.69. The number of carbonyl (C=O) groups is 6. The lowest BCUT2D eigenvalue weighted by atomic mass is 9.83. The molecule has 52 heavy (non-hydrogen) atoms. The third-order valence-electron chi connectivity index (χ3n) is 11.7. The van der Waals surface area contributed by atoms with Crippen molar-refractivity contribution in [2.75, 3.05) is 19.6 Å². The maximum absolute atomic E-state index is 14.7. The van der Waals surface area contributed by atoms with Gasteiger partial charge in [-0.3, -0.25) is 24.0 Å². The minimum atomic E-state index is -1.26. The molecule has 12 nitrogen and oxygen atoms in total. The van der Waals surface area contributed by atoms with E-state index in [4.69, 9.17) is 6.42 Å². The molecule has 2 heterocycles. The van der Waals surface area contributed by atoms with Gasteiger partial charge in [-0.2, -0.15) is 0 Å². The van der Waals surface area contributed by atoms with Crippen molar-refractivity contribution in [3.8, 4) is 12.3 Å². The van der Waals surface area contributed by atoms with E-state index < -0.39 is 53.2 Å². The van der Waals surface area contributed by atoms with Gasteiger partial charge in [-0.25, -0.2) is 4.79 Å². The van der Waals surface area contributed by atoms with Gasteiger partial charge in [0.15, 0.2) is 0 Å². The van der Waals surface area contributed by atoms with Crippen molar-refractivity contribution in [1.29, 1.82) is 0 Å². The van der Waals surface area contributed by atoms with Gasteiger partial charge in [-0.05, 0) is 53.1 Å². The first-order valence-corrected chi connectivity index (χ1v) is 18.5. The van der Waals surface area contributed by atoms with Gasteiger partial charge in [0.25, 0.3) is 11.8 Å². The first-order chi connectivity index (χ1) is 24.6. The van der Waals surface area contributed by atoms with Gasteiger partial charge in [-0.15, -0.1) is 18.9 Å². The van der Waals surface area contributed by atoms with Gasteiger partial charge in [0.1, 0.15) is 18.1 Å². The lowest BCUT2D eigenvalue weighted by Crippen LogP contribution is -2.61. The molecule has 2 saturated carbocycles. The van der Waals surface area contributed by atoms with Crippen molar-refractivity contribution >= 4 is 35.4 Å². The third-order valence-corrected chi connectivity index (χ3v) is 11.7. The highest BCUT2D eigenvalue weighted by atomic mass is 16.2.